The number of imidazole rings is 1. The zero-order valence-electron chi connectivity index (χ0n) is 10.3. The number of nitrogens with one attached hydrogen (secondary N) is 2. The van der Waals surface area contributed by atoms with Crippen molar-refractivity contribution in [3.8, 4) is 0 Å². The molecular formula is C12H10F5N3. The normalized spacial score (nSPS) is 12.7. The molecule has 0 amide bonds. The molecule has 0 saturated carbocycles. The highest BCUT2D eigenvalue weighted by atomic mass is 19.2. The molecule has 8 heteroatoms. The molecule has 0 bridgehead atoms. The zero-order chi connectivity index (χ0) is 14.9. The Hall–Kier alpha value is -1.96. The average Bonchev–Trinajstić information content (AvgIpc) is 2.95. The molecule has 1 aromatic carbocycles. The lowest BCUT2D eigenvalue weighted by atomic mass is 10.0. The van der Waals surface area contributed by atoms with Crippen LogP contribution >= 0.6 is 0 Å². The Kier molecular flexibility index (Phi) is 4.03. The third-order valence-corrected chi connectivity index (χ3v) is 2.89. The number of halogens is 5. The topological polar surface area (TPSA) is 40.7 Å². The molecule has 108 valence electrons. The van der Waals surface area contributed by atoms with Gasteiger partial charge in [0.2, 0.25) is 5.82 Å². The Labute approximate surface area is 110 Å². The number of aromatic nitrogens is 2. The monoisotopic (exact) mass is 291 g/mol. The molecule has 2 N–H and O–H groups in total. The van der Waals surface area contributed by atoms with E-state index in [2.05, 4.69) is 15.3 Å². The van der Waals surface area contributed by atoms with Gasteiger partial charge in [0.15, 0.2) is 23.3 Å². The molecule has 20 heavy (non-hydrogen) atoms. The summed E-state index contributed by atoms with van der Waals surface area (Å²) in [6, 6.07) is -1.11. The highest BCUT2D eigenvalue weighted by molar-refractivity contribution is 5.27. The summed E-state index contributed by atoms with van der Waals surface area (Å²) in [7, 11) is 1.35. The SMILES string of the molecule is CNC(Cc1ncc[nH]1)c1c(F)c(F)c(F)c(F)c1F. The van der Waals surface area contributed by atoms with Gasteiger partial charge in [-0.1, -0.05) is 0 Å². The number of H-pyrrole nitrogens is 1. The number of hydrogen-bond donors (Lipinski definition) is 2. The Morgan fingerprint density at radius 2 is 1.60 bits per heavy atom. The molecule has 1 unspecified atom stereocenters. The molecule has 1 atom stereocenters. The molecule has 0 spiro atoms. The van der Waals surface area contributed by atoms with Gasteiger partial charge in [0.25, 0.3) is 0 Å². The molecule has 0 aliphatic heterocycles. The summed E-state index contributed by atoms with van der Waals surface area (Å²) in [5.74, 6) is -9.42. The third kappa shape index (κ3) is 2.38. The number of hydrogen-bond acceptors (Lipinski definition) is 2. The van der Waals surface area contributed by atoms with Crippen LogP contribution in [-0.2, 0) is 6.42 Å². The molecule has 0 fully saturated rings. The van der Waals surface area contributed by atoms with Gasteiger partial charge in [0.1, 0.15) is 5.82 Å². The van der Waals surface area contributed by atoms with Crippen molar-refractivity contribution >= 4 is 0 Å². The fourth-order valence-corrected chi connectivity index (χ4v) is 1.88. The highest BCUT2D eigenvalue weighted by Crippen LogP contribution is 2.29. The summed E-state index contributed by atoms with van der Waals surface area (Å²) in [5, 5.41) is 2.52. The van der Waals surface area contributed by atoms with Gasteiger partial charge in [-0.05, 0) is 7.05 Å². The van der Waals surface area contributed by atoms with Crippen LogP contribution in [0.15, 0.2) is 12.4 Å². The van der Waals surface area contributed by atoms with Gasteiger partial charge in [-0.15, -0.1) is 0 Å². The Morgan fingerprint density at radius 3 is 2.05 bits per heavy atom. The zero-order valence-corrected chi connectivity index (χ0v) is 10.3. The van der Waals surface area contributed by atoms with Crippen molar-refractivity contribution in [3.63, 3.8) is 0 Å². The fraction of sp³-hybridized carbons (Fsp3) is 0.250. The van der Waals surface area contributed by atoms with Crippen molar-refractivity contribution in [3.05, 3.63) is 52.9 Å². The summed E-state index contributed by atoms with van der Waals surface area (Å²) in [6.07, 6.45) is 2.85. The van der Waals surface area contributed by atoms with Crippen LogP contribution in [0.3, 0.4) is 0 Å². The van der Waals surface area contributed by atoms with E-state index in [0.717, 1.165) is 0 Å². The second kappa shape index (κ2) is 5.58. The predicted molar refractivity (Wildman–Crippen MR) is 60.3 cm³/mol. The lowest BCUT2D eigenvalue weighted by molar-refractivity contribution is 0.357. The number of benzene rings is 1. The van der Waals surface area contributed by atoms with E-state index in [-0.39, 0.29) is 6.42 Å². The highest BCUT2D eigenvalue weighted by Gasteiger charge is 2.30. The number of likely N-dealkylation sites (N-methyl/N-ethyl adjacent to an activating group) is 1. The third-order valence-electron chi connectivity index (χ3n) is 2.89. The number of aromatic amines is 1. The van der Waals surface area contributed by atoms with Crippen LogP contribution in [0, 0.1) is 29.1 Å². The van der Waals surface area contributed by atoms with E-state index in [0.29, 0.717) is 5.82 Å². The van der Waals surface area contributed by atoms with Crippen LogP contribution in [0.2, 0.25) is 0 Å². The van der Waals surface area contributed by atoms with Crippen LogP contribution in [0.4, 0.5) is 22.0 Å². The van der Waals surface area contributed by atoms with Crippen molar-refractivity contribution in [1.29, 1.82) is 0 Å². The Morgan fingerprint density at radius 1 is 1.05 bits per heavy atom. The maximum atomic E-state index is 13.7. The van der Waals surface area contributed by atoms with Gasteiger partial charge in [-0.2, -0.15) is 0 Å². The number of nitrogens with zero attached hydrogens (tertiary/aromatic N) is 1. The lowest BCUT2D eigenvalue weighted by Gasteiger charge is -2.18. The van der Waals surface area contributed by atoms with Gasteiger partial charge in [-0.25, -0.2) is 26.9 Å². The average molecular weight is 291 g/mol. The second-order valence-electron chi connectivity index (χ2n) is 4.06. The second-order valence-corrected chi connectivity index (χ2v) is 4.06. The standard InChI is InChI=1S/C12H10F5N3/c1-18-5(4-6-19-2-3-20-6)7-8(13)10(15)12(17)11(16)9(7)14/h2-3,5,18H,4H2,1H3,(H,19,20). The Bertz CT molecular complexity index is 583. The first-order valence-electron chi connectivity index (χ1n) is 5.64. The summed E-state index contributed by atoms with van der Waals surface area (Å²) in [4.78, 5) is 6.54. The Balaban J connectivity index is 2.49. The minimum atomic E-state index is -2.17. The molecule has 0 aliphatic carbocycles. The van der Waals surface area contributed by atoms with E-state index in [9.17, 15) is 22.0 Å². The summed E-state index contributed by atoms with van der Waals surface area (Å²) in [5.41, 5.74) is -0.903. The van der Waals surface area contributed by atoms with Crippen molar-refractivity contribution in [2.24, 2.45) is 0 Å². The molecule has 1 aromatic heterocycles. The van der Waals surface area contributed by atoms with Crippen molar-refractivity contribution in [2.45, 2.75) is 12.5 Å². The van der Waals surface area contributed by atoms with E-state index < -0.39 is 40.7 Å². The lowest BCUT2D eigenvalue weighted by Crippen LogP contribution is -2.24. The summed E-state index contributed by atoms with van der Waals surface area (Å²) in [6.45, 7) is 0. The van der Waals surface area contributed by atoms with Gasteiger partial charge in [0, 0.05) is 30.4 Å². The van der Waals surface area contributed by atoms with Gasteiger partial charge in [0.05, 0.1) is 0 Å². The molecule has 0 aliphatic rings. The van der Waals surface area contributed by atoms with E-state index in [4.69, 9.17) is 0 Å². The molecule has 0 radical (unpaired) electrons. The van der Waals surface area contributed by atoms with Crippen molar-refractivity contribution in [2.75, 3.05) is 7.05 Å². The molecule has 1 heterocycles. The predicted octanol–water partition coefficient (Wildman–Crippen LogP) is 2.61. The maximum absolute atomic E-state index is 13.7. The largest absolute Gasteiger partial charge is 0.349 e. The van der Waals surface area contributed by atoms with Crippen molar-refractivity contribution in [1.82, 2.24) is 15.3 Å². The van der Waals surface area contributed by atoms with E-state index >= 15 is 0 Å². The van der Waals surface area contributed by atoms with Crippen LogP contribution < -0.4 is 5.32 Å². The van der Waals surface area contributed by atoms with Crippen molar-refractivity contribution < 1.29 is 22.0 Å². The van der Waals surface area contributed by atoms with Crippen LogP contribution in [0.5, 0.6) is 0 Å². The maximum Gasteiger partial charge on any atom is 0.200 e. The van der Waals surface area contributed by atoms with Gasteiger partial charge in [-0.3, -0.25) is 0 Å². The summed E-state index contributed by atoms with van der Waals surface area (Å²) >= 11 is 0. The molecule has 2 rings (SSSR count). The van der Waals surface area contributed by atoms with E-state index in [1.807, 2.05) is 0 Å². The smallest absolute Gasteiger partial charge is 0.200 e. The van der Waals surface area contributed by atoms with E-state index in [1.54, 1.807) is 0 Å². The minimum Gasteiger partial charge on any atom is -0.349 e. The van der Waals surface area contributed by atoms with Crippen LogP contribution in [-0.4, -0.2) is 17.0 Å². The summed E-state index contributed by atoms with van der Waals surface area (Å²) < 4.78 is 66.7. The first-order valence-corrected chi connectivity index (χ1v) is 5.64. The van der Waals surface area contributed by atoms with Gasteiger partial charge < -0.3 is 10.3 Å². The van der Waals surface area contributed by atoms with Crippen LogP contribution in [0.25, 0.3) is 0 Å². The van der Waals surface area contributed by atoms with E-state index in [1.165, 1.54) is 19.4 Å². The first kappa shape index (κ1) is 14.4. The number of rotatable bonds is 4. The quantitative estimate of drug-likeness (QED) is 0.516. The van der Waals surface area contributed by atoms with Gasteiger partial charge >= 0.3 is 0 Å². The first-order chi connectivity index (χ1) is 9.47. The molecule has 2 aromatic rings. The molecule has 0 saturated heterocycles. The molecule has 3 nitrogen and oxygen atoms in total. The van der Waals surface area contributed by atoms with Crippen LogP contribution in [0.1, 0.15) is 17.4 Å². The molecular weight excluding hydrogens is 281 g/mol. The minimum absolute atomic E-state index is 0.0537. The fourth-order valence-electron chi connectivity index (χ4n) is 1.88.